The molecule has 8 heteroatoms. The third-order valence-electron chi connectivity index (χ3n) is 4.92. The fourth-order valence-electron chi connectivity index (χ4n) is 3.23. The molecule has 0 aliphatic carbocycles. The molecule has 0 fully saturated rings. The maximum absolute atomic E-state index is 13.5. The van der Waals surface area contributed by atoms with E-state index in [9.17, 15) is 14.0 Å². The number of hydrogen-bond acceptors (Lipinski definition) is 6. The van der Waals surface area contributed by atoms with Crippen LogP contribution in [0.4, 0.5) is 4.39 Å². The van der Waals surface area contributed by atoms with Crippen LogP contribution in [0.3, 0.4) is 0 Å². The Hall–Kier alpha value is -3.45. The maximum atomic E-state index is 13.5. The third-order valence-corrected chi connectivity index (χ3v) is 5.21. The highest BCUT2D eigenvalue weighted by molar-refractivity contribution is 6.31. The number of pyridine rings is 1. The molecule has 0 bridgehead atoms. The normalized spacial score (nSPS) is 10.6. The van der Waals surface area contributed by atoms with Crippen LogP contribution >= 0.6 is 11.6 Å². The van der Waals surface area contributed by atoms with Gasteiger partial charge in [0.05, 0.1) is 25.8 Å². The van der Waals surface area contributed by atoms with E-state index in [1.54, 1.807) is 24.3 Å². The Morgan fingerprint density at radius 1 is 0.909 bits per heavy atom. The standard InChI is InChI=1S/C25H23ClFNO5/c1-4-33-22-11-6-15(14-24(22)32-3)20(29)9-10-21(30)19-8-12-23(31-2)25(28-19)16-5-7-18(27)17(26)13-16/h5-8,11-14H,4,9-10H2,1-3H3. The van der Waals surface area contributed by atoms with Crippen LogP contribution in [0.5, 0.6) is 17.2 Å². The van der Waals surface area contributed by atoms with Crippen molar-refractivity contribution in [2.75, 3.05) is 20.8 Å². The molecule has 0 unspecified atom stereocenters. The molecule has 2 aromatic carbocycles. The van der Waals surface area contributed by atoms with Crippen molar-refractivity contribution in [1.29, 1.82) is 0 Å². The van der Waals surface area contributed by atoms with Gasteiger partial charge in [0.15, 0.2) is 23.1 Å². The molecule has 33 heavy (non-hydrogen) atoms. The molecule has 0 saturated carbocycles. The molecule has 3 aromatic rings. The molecule has 0 N–H and O–H groups in total. The Labute approximate surface area is 196 Å². The number of ether oxygens (including phenoxy) is 3. The molecule has 172 valence electrons. The van der Waals surface area contributed by atoms with Gasteiger partial charge in [-0.25, -0.2) is 9.37 Å². The summed E-state index contributed by atoms with van der Waals surface area (Å²) >= 11 is 5.89. The molecule has 0 amide bonds. The number of ketones is 2. The van der Waals surface area contributed by atoms with E-state index in [1.807, 2.05) is 6.92 Å². The number of methoxy groups -OCH3 is 2. The van der Waals surface area contributed by atoms with Crippen LogP contribution in [0.1, 0.15) is 40.6 Å². The molecule has 0 atom stereocenters. The van der Waals surface area contributed by atoms with Crippen molar-refractivity contribution in [2.24, 2.45) is 0 Å². The number of aromatic nitrogens is 1. The summed E-state index contributed by atoms with van der Waals surface area (Å²) in [7, 11) is 2.97. The van der Waals surface area contributed by atoms with Gasteiger partial charge in [-0.05, 0) is 55.5 Å². The lowest BCUT2D eigenvalue weighted by molar-refractivity contribution is 0.0915. The van der Waals surface area contributed by atoms with E-state index in [4.69, 9.17) is 25.8 Å². The number of rotatable bonds is 10. The minimum Gasteiger partial charge on any atom is -0.494 e. The van der Waals surface area contributed by atoms with Crippen molar-refractivity contribution in [3.63, 3.8) is 0 Å². The third kappa shape index (κ3) is 5.68. The average Bonchev–Trinajstić information content (AvgIpc) is 2.84. The minimum atomic E-state index is -0.559. The van der Waals surface area contributed by atoms with Gasteiger partial charge in [0, 0.05) is 24.0 Å². The van der Waals surface area contributed by atoms with Crippen LogP contribution in [0.2, 0.25) is 5.02 Å². The van der Waals surface area contributed by atoms with Crippen molar-refractivity contribution in [3.8, 4) is 28.5 Å². The summed E-state index contributed by atoms with van der Waals surface area (Å²) in [6, 6.07) is 12.2. The number of Topliss-reactive ketones (excluding diaryl/α,β-unsaturated/α-hetero) is 2. The summed E-state index contributed by atoms with van der Waals surface area (Å²) < 4.78 is 29.6. The monoisotopic (exact) mass is 471 g/mol. The zero-order valence-electron chi connectivity index (χ0n) is 18.5. The van der Waals surface area contributed by atoms with Crippen molar-refractivity contribution in [2.45, 2.75) is 19.8 Å². The van der Waals surface area contributed by atoms with E-state index in [-0.39, 0.29) is 35.1 Å². The molecule has 0 spiro atoms. The SMILES string of the molecule is CCOc1ccc(C(=O)CCC(=O)c2ccc(OC)c(-c3ccc(F)c(Cl)c3)n2)cc1OC. The van der Waals surface area contributed by atoms with E-state index in [1.165, 1.54) is 38.5 Å². The second-order valence-corrected chi connectivity index (χ2v) is 7.43. The zero-order chi connectivity index (χ0) is 24.0. The predicted molar refractivity (Wildman–Crippen MR) is 123 cm³/mol. The van der Waals surface area contributed by atoms with E-state index in [0.29, 0.717) is 40.7 Å². The van der Waals surface area contributed by atoms with E-state index in [2.05, 4.69) is 4.98 Å². The highest BCUT2D eigenvalue weighted by Gasteiger charge is 2.17. The molecular weight excluding hydrogens is 449 g/mol. The second-order valence-electron chi connectivity index (χ2n) is 7.02. The topological polar surface area (TPSA) is 74.7 Å². The first-order valence-electron chi connectivity index (χ1n) is 10.3. The minimum absolute atomic E-state index is 0.00138. The first-order chi connectivity index (χ1) is 15.9. The van der Waals surface area contributed by atoms with Crippen LogP contribution in [0.25, 0.3) is 11.3 Å². The Morgan fingerprint density at radius 3 is 2.27 bits per heavy atom. The van der Waals surface area contributed by atoms with E-state index < -0.39 is 5.82 Å². The summed E-state index contributed by atoms with van der Waals surface area (Å²) in [5.74, 6) is 0.335. The van der Waals surface area contributed by atoms with Gasteiger partial charge in [-0.2, -0.15) is 0 Å². The van der Waals surface area contributed by atoms with Gasteiger partial charge in [0.1, 0.15) is 23.0 Å². The number of hydrogen-bond donors (Lipinski definition) is 0. The molecular formula is C25H23ClFNO5. The van der Waals surface area contributed by atoms with Gasteiger partial charge in [-0.1, -0.05) is 11.6 Å². The molecule has 0 aliphatic rings. The summed E-state index contributed by atoms with van der Waals surface area (Å²) in [5.41, 5.74) is 1.45. The van der Waals surface area contributed by atoms with Crippen LogP contribution in [0.15, 0.2) is 48.5 Å². The predicted octanol–water partition coefficient (Wildman–Crippen LogP) is 5.80. The van der Waals surface area contributed by atoms with Gasteiger partial charge in [0.2, 0.25) is 0 Å². The summed E-state index contributed by atoms with van der Waals surface area (Å²) in [5, 5.41) is -0.0653. The quantitative estimate of drug-likeness (QED) is 0.348. The lowest BCUT2D eigenvalue weighted by atomic mass is 10.0. The van der Waals surface area contributed by atoms with Crippen LogP contribution in [-0.2, 0) is 0 Å². The molecule has 0 aliphatic heterocycles. The van der Waals surface area contributed by atoms with Crippen molar-refractivity contribution in [3.05, 3.63) is 70.6 Å². The van der Waals surface area contributed by atoms with Gasteiger partial charge in [-0.3, -0.25) is 9.59 Å². The van der Waals surface area contributed by atoms with Gasteiger partial charge in [0.25, 0.3) is 0 Å². The summed E-state index contributed by atoms with van der Waals surface area (Å²) in [6.07, 6.45) is -0.0291. The van der Waals surface area contributed by atoms with Crippen LogP contribution < -0.4 is 14.2 Å². The smallest absolute Gasteiger partial charge is 0.181 e. The Kier molecular flexibility index (Phi) is 8.01. The van der Waals surface area contributed by atoms with Crippen molar-refractivity contribution < 1.29 is 28.2 Å². The van der Waals surface area contributed by atoms with Gasteiger partial charge in [-0.15, -0.1) is 0 Å². The molecule has 0 radical (unpaired) electrons. The fraction of sp³-hybridized carbons (Fsp3) is 0.240. The largest absolute Gasteiger partial charge is 0.494 e. The van der Waals surface area contributed by atoms with Crippen LogP contribution in [-0.4, -0.2) is 37.4 Å². The zero-order valence-corrected chi connectivity index (χ0v) is 19.2. The number of nitrogens with zero attached hydrogens (tertiary/aromatic N) is 1. The first kappa shape index (κ1) is 24.2. The Bertz CT molecular complexity index is 1180. The Morgan fingerprint density at radius 2 is 1.61 bits per heavy atom. The highest BCUT2D eigenvalue weighted by atomic mass is 35.5. The average molecular weight is 472 g/mol. The number of carbonyl (C=O) groups is 2. The van der Waals surface area contributed by atoms with Crippen LogP contribution in [0, 0.1) is 5.82 Å². The lowest BCUT2D eigenvalue weighted by Crippen LogP contribution is -2.08. The van der Waals surface area contributed by atoms with E-state index >= 15 is 0 Å². The fourth-order valence-corrected chi connectivity index (χ4v) is 3.41. The first-order valence-corrected chi connectivity index (χ1v) is 10.6. The molecule has 3 rings (SSSR count). The highest BCUT2D eigenvalue weighted by Crippen LogP contribution is 2.31. The second kappa shape index (κ2) is 10.9. The van der Waals surface area contributed by atoms with Crippen molar-refractivity contribution >= 4 is 23.2 Å². The summed E-state index contributed by atoms with van der Waals surface area (Å²) in [6.45, 7) is 2.33. The molecule has 1 heterocycles. The van der Waals surface area contributed by atoms with Gasteiger partial charge < -0.3 is 14.2 Å². The van der Waals surface area contributed by atoms with E-state index in [0.717, 1.165) is 0 Å². The Balaban J connectivity index is 1.76. The maximum Gasteiger partial charge on any atom is 0.181 e. The lowest BCUT2D eigenvalue weighted by Gasteiger charge is -2.11. The number of halogens is 2. The number of benzene rings is 2. The van der Waals surface area contributed by atoms with Gasteiger partial charge >= 0.3 is 0 Å². The van der Waals surface area contributed by atoms with Crippen molar-refractivity contribution in [1.82, 2.24) is 4.98 Å². The molecule has 1 aromatic heterocycles. The molecule has 0 saturated heterocycles. The number of carbonyl (C=O) groups excluding carboxylic acids is 2. The summed E-state index contributed by atoms with van der Waals surface area (Å²) in [4.78, 5) is 29.8. The molecule has 6 nitrogen and oxygen atoms in total.